The summed E-state index contributed by atoms with van der Waals surface area (Å²) >= 11 is 3.21. The van der Waals surface area contributed by atoms with Crippen molar-refractivity contribution in [3.05, 3.63) is 37.8 Å². The van der Waals surface area contributed by atoms with Gasteiger partial charge in [0.15, 0.2) is 0 Å². The van der Waals surface area contributed by atoms with E-state index < -0.39 is 4.92 Å². The molecule has 0 amide bonds. The van der Waals surface area contributed by atoms with E-state index in [1.165, 1.54) is 12.1 Å². The number of non-ortho nitro benzene ring substituents is 1. The van der Waals surface area contributed by atoms with Crippen molar-refractivity contribution in [1.29, 1.82) is 5.26 Å². The number of hydrogen-bond donors (Lipinski definition) is 0. The van der Waals surface area contributed by atoms with Gasteiger partial charge in [-0.1, -0.05) is 15.9 Å². The van der Waals surface area contributed by atoms with Crippen LogP contribution in [0.5, 0.6) is 0 Å². The normalized spacial score (nSPS) is 9.50. The third-order valence-corrected chi connectivity index (χ3v) is 2.58. The molecule has 0 aliphatic carbocycles. The molecular weight excluding hydrogens is 248 g/mol. The van der Waals surface area contributed by atoms with Crippen molar-refractivity contribution in [2.24, 2.45) is 0 Å². The van der Waals surface area contributed by atoms with E-state index in [-0.39, 0.29) is 12.1 Å². The number of nitro groups is 1. The van der Waals surface area contributed by atoms with Gasteiger partial charge in [-0.15, -0.1) is 0 Å². The van der Waals surface area contributed by atoms with Gasteiger partial charge in [-0.05, 0) is 18.1 Å². The van der Waals surface area contributed by atoms with Crippen molar-refractivity contribution >= 4 is 21.6 Å². The van der Waals surface area contributed by atoms with Crippen molar-refractivity contribution in [2.75, 3.05) is 0 Å². The Morgan fingerprint density at radius 3 is 2.71 bits per heavy atom. The molecule has 0 saturated carbocycles. The first kappa shape index (κ1) is 10.7. The number of hydrogen-bond acceptors (Lipinski definition) is 3. The van der Waals surface area contributed by atoms with E-state index >= 15 is 0 Å². The highest BCUT2D eigenvalue weighted by molar-refractivity contribution is 9.10. The Hall–Kier alpha value is -1.41. The van der Waals surface area contributed by atoms with Crippen molar-refractivity contribution < 1.29 is 4.92 Å². The lowest BCUT2D eigenvalue weighted by molar-refractivity contribution is -0.385. The number of rotatable bonds is 2. The highest BCUT2D eigenvalue weighted by Crippen LogP contribution is 2.26. The summed E-state index contributed by atoms with van der Waals surface area (Å²) in [4.78, 5) is 10.0. The topological polar surface area (TPSA) is 66.9 Å². The van der Waals surface area contributed by atoms with Gasteiger partial charge >= 0.3 is 0 Å². The van der Waals surface area contributed by atoms with Crippen LogP contribution in [0.3, 0.4) is 0 Å². The van der Waals surface area contributed by atoms with E-state index in [9.17, 15) is 10.1 Å². The standard InChI is InChI=1S/C9H7BrN2O2/c1-6-4-7(12(13)14)5-9(10)8(6)2-3-11/h4-5H,2H2,1H3. The summed E-state index contributed by atoms with van der Waals surface area (Å²) in [5.74, 6) is 0. The second-order valence-corrected chi connectivity index (χ2v) is 3.67. The molecule has 1 rings (SSSR count). The molecule has 0 aliphatic heterocycles. The largest absolute Gasteiger partial charge is 0.270 e. The lowest BCUT2D eigenvalue weighted by Gasteiger charge is -2.03. The number of nitrogens with zero attached hydrogens (tertiary/aromatic N) is 2. The summed E-state index contributed by atoms with van der Waals surface area (Å²) in [5, 5.41) is 19.0. The Labute approximate surface area is 89.4 Å². The van der Waals surface area contributed by atoms with Crippen LogP contribution < -0.4 is 0 Å². The summed E-state index contributed by atoms with van der Waals surface area (Å²) in [7, 11) is 0. The van der Waals surface area contributed by atoms with Gasteiger partial charge in [-0.3, -0.25) is 10.1 Å². The van der Waals surface area contributed by atoms with Gasteiger partial charge in [0.25, 0.3) is 5.69 Å². The Morgan fingerprint density at radius 2 is 2.29 bits per heavy atom. The van der Waals surface area contributed by atoms with E-state index in [4.69, 9.17) is 5.26 Å². The minimum atomic E-state index is -0.450. The summed E-state index contributed by atoms with van der Waals surface area (Å²) in [6.07, 6.45) is 0.254. The summed E-state index contributed by atoms with van der Waals surface area (Å²) < 4.78 is 0.616. The number of aryl methyl sites for hydroxylation is 1. The molecule has 0 fully saturated rings. The molecule has 0 N–H and O–H groups in total. The van der Waals surface area contributed by atoms with E-state index in [2.05, 4.69) is 15.9 Å². The first-order valence-corrected chi connectivity index (χ1v) is 4.66. The molecule has 0 heterocycles. The van der Waals surface area contributed by atoms with Crippen molar-refractivity contribution in [3.8, 4) is 6.07 Å². The number of nitro benzene ring substituents is 1. The zero-order chi connectivity index (χ0) is 10.7. The molecule has 1 aromatic carbocycles. The molecule has 0 atom stereocenters. The SMILES string of the molecule is Cc1cc([N+](=O)[O-])cc(Br)c1CC#N. The average molecular weight is 255 g/mol. The van der Waals surface area contributed by atoms with Crippen LogP contribution in [0.1, 0.15) is 11.1 Å². The van der Waals surface area contributed by atoms with Gasteiger partial charge in [0.1, 0.15) is 0 Å². The number of halogens is 1. The number of nitriles is 1. The predicted octanol–water partition coefficient (Wildman–Crippen LogP) is 2.73. The lowest BCUT2D eigenvalue weighted by Crippen LogP contribution is -1.94. The van der Waals surface area contributed by atoms with Gasteiger partial charge < -0.3 is 0 Å². The van der Waals surface area contributed by atoms with Crippen LogP contribution in [0.4, 0.5) is 5.69 Å². The summed E-state index contributed by atoms with van der Waals surface area (Å²) in [6, 6.07) is 4.90. The fraction of sp³-hybridized carbons (Fsp3) is 0.222. The van der Waals surface area contributed by atoms with Crippen molar-refractivity contribution in [1.82, 2.24) is 0 Å². The molecule has 72 valence electrons. The fourth-order valence-electron chi connectivity index (χ4n) is 1.16. The highest BCUT2D eigenvalue weighted by Gasteiger charge is 2.12. The van der Waals surface area contributed by atoms with Gasteiger partial charge in [-0.2, -0.15) is 5.26 Å². The zero-order valence-corrected chi connectivity index (χ0v) is 9.04. The molecule has 14 heavy (non-hydrogen) atoms. The molecule has 0 radical (unpaired) electrons. The minimum Gasteiger partial charge on any atom is -0.258 e. The third kappa shape index (κ3) is 2.09. The van der Waals surface area contributed by atoms with Crippen LogP contribution in [0.2, 0.25) is 0 Å². The molecule has 0 aromatic heterocycles. The second kappa shape index (κ2) is 4.20. The molecule has 5 heteroatoms. The quantitative estimate of drug-likeness (QED) is 0.602. The molecule has 0 spiro atoms. The van der Waals surface area contributed by atoms with E-state index in [1.54, 1.807) is 6.92 Å². The molecule has 0 unspecified atom stereocenters. The number of benzene rings is 1. The Balaban J connectivity index is 3.26. The van der Waals surface area contributed by atoms with Gasteiger partial charge in [-0.25, -0.2) is 0 Å². The first-order chi connectivity index (χ1) is 6.56. The third-order valence-electron chi connectivity index (χ3n) is 1.87. The van der Waals surface area contributed by atoms with E-state index in [1.807, 2.05) is 6.07 Å². The Morgan fingerprint density at radius 1 is 1.64 bits per heavy atom. The second-order valence-electron chi connectivity index (χ2n) is 2.82. The van der Waals surface area contributed by atoms with Crippen LogP contribution in [-0.2, 0) is 6.42 Å². The van der Waals surface area contributed by atoms with Crippen LogP contribution in [0, 0.1) is 28.4 Å². The molecular formula is C9H7BrN2O2. The van der Waals surface area contributed by atoms with Gasteiger partial charge in [0.2, 0.25) is 0 Å². The Bertz CT molecular complexity index is 400. The smallest absolute Gasteiger partial charge is 0.258 e. The van der Waals surface area contributed by atoms with Gasteiger partial charge in [0, 0.05) is 16.6 Å². The van der Waals surface area contributed by atoms with Crippen molar-refractivity contribution in [3.63, 3.8) is 0 Å². The maximum atomic E-state index is 10.5. The molecule has 4 nitrogen and oxygen atoms in total. The van der Waals surface area contributed by atoms with Gasteiger partial charge in [0.05, 0.1) is 17.4 Å². The molecule has 0 bridgehead atoms. The monoisotopic (exact) mass is 254 g/mol. The molecule has 0 aliphatic rings. The fourth-order valence-corrected chi connectivity index (χ4v) is 1.85. The van der Waals surface area contributed by atoms with E-state index in [0.29, 0.717) is 4.47 Å². The van der Waals surface area contributed by atoms with Crippen LogP contribution in [0.25, 0.3) is 0 Å². The summed E-state index contributed by atoms with van der Waals surface area (Å²) in [6.45, 7) is 1.75. The lowest BCUT2D eigenvalue weighted by atomic mass is 10.1. The van der Waals surface area contributed by atoms with Crippen LogP contribution in [-0.4, -0.2) is 4.92 Å². The maximum Gasteiger partial charge on any atom is 0.270 e. The predicted molar refractivity (Wildman–Crippen MR) is 54.9 cm³/mol. The molecule has 1 aromatic rings. The maximum absolute atomic E-state index is 10.5. The Kier molecular flexibility index (Phi) is 3.20. The van der Waals surface area contributed by atoms with Crippen LogP contribution in [0.15, 0.2) is 16.6 Å². The summed E-state index contributed by atoms with van der Waals surface area (Å²) in [5.41, 5.74) is 1.60. The average Bonchev–Trinajstić information content (AvgIpc) is 2.10. The first-order valence-electron chi connectivity index (χ1n) is 3.86. The highest BCUT2D eigenvalue weighted by atomic mass is 79.9. The molecule has 0 saturated heterocycles. The zero-order valence-electron chi connectivity index (χ0n) is 7.45. The van der Waals surface area contributed by atoms with E-state index in [0.717, 1.165) is 11.1 Å². The minimum absolute atomic E-state index is 0.0380. The van der Waals surface area contributed by atoms with Crippen molar-refractivity contribution in [2.45, 2.75) is 13.3 Å². The van der Waals surface area contributed by atoms with Crippen LogP contribution >= 0.6 is 15.9 Å².